The molecular weight excluding hydrogens is 242 g/mol. The lowest BCUT2D eigenvalue weighted by Crippen LogP contribution is -2.33. The number of hydrogen-bond acceptors (Lipinski definition) is 4. The third-order valence-corrected chi connectivity index (χ3v) is 3.13. The van der Waals surface area contributed by atoms with Crippen molar-refractivity contribution in [3.05, 3.63) is 35.0 Å². The number of ether oxygens (including phenoxy) is 1. The highest BCUT2D eigenvalue weighted by Gasteiger charge is 2.16. The summed E-state index contributed by atoms with van der Waals surface area (Å²) in [5, 5.41) is 9.90. The number of benzene rings is 1. The van der Waals surface area contributed by atoms with Crippen molar-refractivity contribution in [3.63, 3.8) is 0 Å². The molecule has 0 radical (unpaired) electrons. The highest BCUT2D eigenvalue weighted by molar-refractivity contribution is 5.89. The van der Waals surface area contributed by atoms with E-state index in [0.29, 0.717) is 12.0 Å². The predicted molar refractivity (Wildman–Crippen MR) is 71.4 cm³/mol. The number of methoxy groups -OCH3 is 1. The summed E-state index contributed by atoms with van der Waals surface area (Å²) in [6.07, 6.45) is 2.07. The predicted octanol–water partition coefficient (Wildman–Crippen LogP) is 1.39. The lowest BCUT2D eigenvalue weighted by molar-refractivity contribution is -0.142. The van der Waals surface area contributed by atoms with Crippen LogP contribution in [0.2, 0.25) is 0 Å². The highest BCUT2D eigenvalue weighted by atomic mass is 16.5. The number of nitriles is 1. The molecule has 1 heterocycles. The van der Waals surface area contributed by atoms with Crippen molar-refractivity contribution in [2.75, 3.05) is 7.11 Å². The second-order valence-corrected chi connectivity index (χ2v) is 4.48. The van der Waals surface area contributed by atoms with Crippen LogP contribution in [0.25, 0.3) is 10.9 Å². The Morgan fingerprint density at radius 2 is 2.32 bits per heavy atom. The van der Waals surface area contributed by atoms with Crippen LogP contribution in [0.4, 0.5) is 0 Å². The lowest BCUT2D eigenvalue weighted by Gasteiger charge is -2.10. The molecule has 0 fully saturated rings. The van der Waals surface area contributed by atoms with Crippen molar-refractivity contribution in [3.8, 4) is 6.07 Å². The maximum Gasteiger partial charge on any atom is 0.322 e. The minimum atomic E-state index is -0.689. The Morgan fingerprint density at radius 3 is 2.95 bits per heavy atom. The zero-order valence-corrected chi connectivity index (χ0v) is 10.9. The smallest absolute Gasteiger partial charge is 0.322 e. The van der Waals surface area contributed by atoms with E-state index in [2.05, 4.69) is 15.8 Å². The highest BCUT2D eigenvalue weighted by Crippen LogP contribution is 2.23. The average molecular weight is 257 g/mol. The van der Waals surface area contributed by atoms with Gasteiger partial charge in [0.05, 0.1) is 12.7 Å². The molecule has 5 nitrogen and oxygen atoms in total. The van der Waals surface area contributed by atoms with Crippen molar-refractivity contribution < 1.29 is 9.53 Å². The van der Waals surface area contributed by atoms with E-state index in [1.807, 2.05) is 19.1 Å². The molecule has 2 aromatic rings. The number of carbonyl (C=O) groups excluding carboxylic acids is 1. The fraction of sp³-hybridized carbons (Fsp3) is 0.286. The molecule has 5 heteroatoms. The van der Waals surface area contributed by atoms with E-state index in [9.17, 15) is 4.79 Å². The van der Waals surface area contributed by atoms with E-state index in [4.69, 9.17) is 11.0 Å². The van der Waals surface area contributed by atoms with Crippen molar-refractivity contribution in [2.24, 2.45) is 5.73 Å². The largest absolute Gasteiger partial charge is 0.468 e. The van der Waals surface area contributed by atoms with Gasteiger partial charge in [0.1, 0.15) is 12.1 Å². The number of aryl methyl sites for hydroxylation is 1. The normalized spacial score (nSPS) is 12.1. The van der Waals surface area contributed by atoms with Gasteiger partial charge in [-0.3, -0.25) is 4.79 Å². The molecule has 0 aliphatic heterocycles. The second-order valence-electron chi connectivity index (χ2n) is 4.48. The quantitative estimate of drug-likeness (QED) is 0.813. The van der Waals surface area contributed by atoms with Gasteiger partial charge < -0.3 is 15.5 Å². The van der Waals surface area contributed by atoms with E-state index < -0.39 is 12.0 Å². The average Bonchev–Trinajstić information content (AvgIpc) is 2.81. The van der Waals surface area contributed by atoms with Crippen LogP contribution >= 0.6 is 0 Å². The summed E-state index contributed by atoms with van der Waals surface area (Å²) in [6, 6.07) is 5.30. The fourth-order valence-corrected chi connectivity index (χ4v) is 2.19. The third-order valence-electron chi connectivity index (χ3n) is 3.13. The third kappa shape index (κ3) is 2.44. The summed E-state index contributed by atoms with van der Waals surface area (Å²) in [5.74, 6) is -0.438. The van der Waals surface area contributed by atoms with Crippen LogP contribution in [0.5, 0.6) is 0 Å². The van der Waals surface area contributed by atoms with Gasteiger partial charge in [-0.1, -0.05) is 6.07 Å². The molecule has 0 aliphatic rings. The van der Waals surface area contributed by atoms with Crippen molar-refractivity contribution in [1.82, 2.24) is 4.98 Å². The molecule has 0 spiro atoms. The number of carbonyl (C=O) groups is 1. The van der Waals surface area contributed by atoms with Crippen LogP contribution in [0.1, 0.15) is 16.7 Å². The van der Waals surface area contributed by atoms with E-state index in [0.717, 1.165) is 22.0 Å². The van der Waals surface area contributed by atoms with E-state index in [1.165, 1.54) is 7.11 Å². The number of fused-ring (bicyclic) bond motifs is 1. The number of H-pyrrole nitrogens is 1. The standard InChI is InChI=1S/C14H15N3O2/c1-8-3-9(5-12(16)14(18)19-2)4-11-10(6-15)7-17-13(8)11/h3-4,7,12,17H,5,16H2,1-2H3. The number of rotatable bonds is 3. The second kappa shape index (κ2) is 5.12. The van der Waals surface area contributed by atoms with Crippen LogP contribution in [-0.2, 0) is 16.0 Å². The molecule has 1 aromatic carbocycles. The first-order valence-electron chi connectivity index (χ1n) is 5.91. The van der Waals surface area contributed by atoms with Gasteiger partial charge >= 0.3 is 5.97 Å². The molecule has 1 aromatic heterocycles. The number of nitrogens with zero attached hydrogens (tertiary/aromatic N) is 1. The van der Waals surface area contributed by atoms with Crippen LogP contribution < -0.4 is 5.73 Å². The van der Waals surface area contributed by atoms with Crippen LogP contribution in [0.15, 0.2) is 18.3 Å². The van der Waals surface area contributed by atoms with Gasteiger partial charge in [-0.05, 0) is 30.5 Å². The molecule has 0 saturated carbocycles. The fourth-order valence-electron chi connectivity index (χ4n) is 2.19. The van der Waals surface area contributed by atoms with Crippen molar-refractivity contribution in [2.45, 2.75) is 19.4 Å². The molecule has 0 amide bonds. The lowest BCUT2D eigenvalue weighted by atomic mass is 10.0. The SMILES string of the molecule is COC(=O)C(N)Cc1cc(C)c2[nH]cc(C#N)c2c1. The summed E-state index contributed by atoms with van der Waals surface area (Å²) in [6.45, 7) is 1.95. The first kappa shape index (κ1) is 13.1. The van der Waals surface area contributed by atoms with Crippen molar-refractivity contribution in [1.29, 1.82) is 5.26 Å². The first-order chi connectivity index (χ1) is 9.06. The van der Waals surface area contributed by atoms with Gasteiger partial charge in [0, 0.05) is 17.1 Å². The number of aromatic nitrogens is 1. The maximum absolute atomic E-state index is 11.3. The van der Waals surface area contributed by atoms with E-state index >= 15 is 0 Å². The number of hydrogen-bond donors (Lipinski definition) is 2. The Bertz CT molecular complexity index is 667. The van der Waals surface area contributed by atoms with Crippen LogP contribution in [-0.4, -0.2) is 24.1 Å². The number of aromatic amines is 1. The molecule has 19 heavy (non-hydrogen) atoms. The molecule has 2 rings (SSSR count). The zero-order chi connectivity index (χ0) is 14.0. The number of nitrogens with one attached hydrogen (secondary N) is 1. The maximum atomic E-state index is 11.3. The molecule has 0 aliphatic carbocycles. The summed E-state index contributed by atoms with van der Waals surface area (Å²) < 4.78 is 4.61. The van der Waals surface area contributed by atoms with Crippen LogP contribution in [0.3, 0.4) is 0 Å². The molecular formula is C14H15N3O2. The van der Waals surface area contributed by atoms with E-state index in [-0.39, 0.29) is 0 Å². The summed E-state index contributed by atoms with van der Waals surface area (Å²) in [5.41, 5.74) is 9.21. The van der Waals surface area contributed by atoms with Gasteiger partial charge in [-0.2, -0.15) is 5.26 Å². The Morgan fingerprint density at radius 1 is 1.58 bits per heavy atom. The van der Waals surface area contributed by atoms with E-state index in [1.54, 1.807) is 6.20 Å². The van der Waals surface area contributed by atoms with Gasteiger partial charge in [-0.25, -0.2) is 0 Å². The van der Waals surface area contributed by atoms with Gasteiger partial charge in [-0.15, -0.1) is 0 Å². The molecule has 98 valence electrons. The summed E-state index contributed by atoms with van der Waals surface area (Å²) >= 11 is 0. The molecule has 3 N–H and O–H groups in total. The van der Waals surface area contributed by atoms with Gasteiger partial charge in [0.15, 0.2) is 0 Å². The summed E-state index contributed by atoms with van der Waals surface area (Å²) in [7, 11) is 1.32. The Hall–Kier alpha value is -2.32. The summed E-state index contributed by atoms with van der Waals surface area (Å²) in [4.78, 5) is 14.4. The molecule has 1 atom stereocenters. The molecule has 0 bridgehead atoms. The minimum Gasteiger partial charge on any atom is -0.468 e. The molecule has 0 saturated heterocycles. The number of esters is 1. The van der Waals surface area contributed by atoms with Gasteiger partial charge in [0.25, 0.3) is 0 Å². The number of nitrogens with two attached hydrogens (primary N) is 1. The van der Waals surface area contributed by atoms with Crippen molar-refractivity contribution >= 4 is 16.9 Å². The monoisotopic (exact) mass is 257 g/mol. The topological polar surface area (TPSA) is 91.9 Å². The molecule has 1 unspecified atom stereocenters. The Balaban J connectivity index is 2.40. The van der Waals surface area contributed by atoms with Gasteiger partial charge in [0.2, 0.25) is 0 Å². The Kier molecular flexibility index (Phi) is 3.54. The zero-order valence-electron chi connectivity index (χ0n) is 10.9. The first-order valence-corrected chi connectivity index (χ1v) is 5.91. The Labute approximate surface area is 111 Å². The van der Waals surface area contributed by atoms with Crippen LogP contribution in [0, 0.1) is 18.3 Å². The minimum absolute atomic E-state index is 0.388.